The van der Waals surface area contributed by atoms with Crippen molar-refractivity contribution in [1.29, 1.82) is 0 Å². The molecule has 0 spiro atoms. The van der Waals surface area contributed by atoms with E-state index in [1.807, 2.05) is 0 Å². The smallest absolute Gasteiger partial charge is 0.326 e. The van der Waals surface area contributed by atoms with Crippen LogP contribution in [0.4, 0.5) is 18.9 Å². The molecule has 0 aliphatic rings. The normalized spacial score (nSPS) is 11.6. The Morgan fingerprint density at radius 2 is 1.87 bits per heavy atom. The number of amides is 1. The van der Waals surface area contributed by atoms with Crippen molar-refractivity contribution < 1.29 is 18.0 Å². The predicted octanol–water partition coefficient (Wildman–Crippen LogP) is 2.93. The second-order valence-corrected chi connectivity index (χ2v) is 4.88. The zero-order valence-corrected chi connectivity index (χ0v) is 11.7. The molecule has 5 nitrogen and oxygen atoms in total. The van der Waals surface area contributed by atoms with Crippen molar-refractivity contribution in [3.8, 4) is 0 Å². The summed E-state index contributed by atoms with van der Waals surface area (Å²) in [6.45, 7) is 0. The van der Waals surface area contributed by atoms with Gasteiger partial charge >= 0.3 is 6.18 Å². The van der Waals surface area contributed by atoms with Crippen molar-refractivity contribution in [3.63, 3.8) is 0 Å². The molecule has 0 atom stereocenters. The monoisotopic (exact) mass is 320 g/mol. The zero-order chi connectivity index (χ0) is 16.4. The molecule has 1 aromatic carbocycles. The minimum atomic E-state index is -4.40. The fraction of sp³-hybridized carbons (Fsp3) is 0.133. The standard InChI is InChI=1S/C15H11F3N4O/c16-15(17,18)10-4-6-11(7-5-10)20-14(23)8-12-2-1-3-13-21-19-9-22(12)13/h1-7,9H,8H2,(H,20,23). The number of fused-ring (bicyclic) bond motifs is 1. The number of pyridine rings is 1. The first-order valence-corrected chi connectivity index (χ1v) is 6.68. The van der Waals surface area contributed by atoms with Gasteiger partial charge in [-0.3, -0.25) is 9.20 Å². The Labute approximate surface area is 128 Å². The molecule has 0 aliphatic heterocycles. The number of rotatable bonds is 3. The highest BCUT2D eigenvalue weighted by Crippen LogP contribution is 2.29. The highest BCUT2D eigenvalue weighted by atomic mass is 19.4. The number of anilines is 1. The molecule has 3 aromatic rings. The second-order valence-electron chi connectivity index (χ2n) is 4.88. The molecule has 23 heavy (non-hydrogen) atoms. The summed E-state index contributed by atoms with van der Waals surface area (Å²) in [5.74, 6) is -0.342. The molecule has 0 saturated heterocycles. The van der Waals surface area contributed by atoms with E-state index in [9.17, 15) is 18.0 Å². The van der Waals surface area contributed by atoms with Crippen LogP contribution in [0.1, 0.15) is 11.3 Å². The molecule has 0 unspecified atom stereocenters. The van der Waals surface area contributed by atoms with Gasteiger partial charge in [0.25, 0.3) is 0 Å². The van der Waals surface area contributed by atoms with Gasteiger partial charge in [-0.1, -0.05) is 6.07 Å². The van der Waals surface area contributed by atoms with Crippen LogP contribution in [0.15, 0.2) is 48.8 Å². The molecule has 0 radical (unpaired) electrons. The summed E-state index contributed by atoms with van der Waals surface area (Å²) in [6.07, 6.45) is -2.85. The van der Waals surface area contributed by atoms with E-state index < -0.39 is 11.7 Å². The lowest BCUT2D eigenvalue weighted by Gasteiger charge is -2.09. The Bertz CT molecular complexity index is 840. The SMILES string of the molecule is O=C(Cc1cccc2nncn12)Nc1ccc(C(F)(F)F)cc1. The van der Waals surface area contributed by atoms with Crippen LogP contribution in [0.25, 0.3) is 5.65 Å². The van der Waals surface area contributed by atoms with E-state index in [0.717, 1.165) is 12.1 Å². The van der Waals surface area contributed by atoms with Gasteiger partial charge in [0, 0.05) is 11.4 Å². The van der Waals surface area contributed by atoms with Crippen molar-refractivity contribution in [2.45, 2.75) is 12.6 Å². The van der Waals surface area contributed by atoms with Crippen LogP contribution in [-0.4, -0.2) is 20.5 Å². The topological polar surface area (TPSA) is 59.3 Å². The van der Waals surface area contributed by atoms with Gasteiger partial charge in [-0.2, -0.15) is 13.2 Å². The van der Waals surface area contributed by atoms with Gasteiger partial charge in [0.15, 0.2) is 5.65 Å². The summed E-state index contributed by atoms with van der Waals surface area (Å²) >= 11 is 0. The third-order valence-corrected chi connectivity index (χ3v) is 3.26. The first-order chi connectivity index (χ1) is 10.9. The fourth-order valence-corrected chi connectivity index (χ4v) is 2.16. The molecule has 118 valence electrons. The number of nitrogens with one attached hydrogen (secondary N) is 1. The first kappa shape index (κ1) is 15.0. The van der Waals surface area contributed by atoms with Crippen molar-refractivity contribution in [3.05, 3.63) is 60.0 Å². The Morgan fingerprint density at radius 3 is 2.57 bits per heavy atom. The van der Waals surface area contributed by atoms with E-state index in [4.69, 9.17) is 0 Å². The maximum Gasteiger partial charge on any atom is 0.416 e. The Balaban J connectivity index is 1.71. The highest BCUT2D eigenvalue weighted by Gasteiger charge is 2.29. The number of carbonyl (C=O) groups excluding carboxylic acids is 1. The number of halogens is 3. The minimum absolute atomic E-state index is 0.0520. The predicted molar refractivity (Wildman–Crippen MR) is 76.8 cm³/mol. The van der Waals surface area contributed by atoms with Crippen molar-refractivity contribution >= 4 is 17.2 Å². The van der Waals surface area contributed by atoms with Crippen LogP contribution in [0, 0.1) is 0 Å². The van der Waals surface area contributed by atoms with Crippen LogP contribution in [-0.2, 0) is 17.4 Å². The largest absolute Gasteiger partial charge is 0.416 e. The molecule has 0 fully saturated rings. The first-order valence-electron chi connectivity index (χ1n) is 6.68. The van der Waals surface area contributed by atoms with Crippen LogP contribution in [0.2, 0.25) is 0 Å². The van der Waals surface area contributed by atoms with Gasteiger partial charge in [0.1, 0.15) is 6.33 Å². The lowest BCUT2D eigenvalue weighted by atomic mass is 10.2. The fourth-order valence-electron chi connectivity index (χ4n) is 2.16. The summed E-state index contributed by atoms with van der Waals surface area (Å²) in [4.78, 5) is 12.0. The number of nitrogens with zero attached hydrogens (tertiary/aromatic N) is 3. The maximum atomic E-state index is 12.5. The molecule has 0 saturated carbocycles. The highest BCUT2D eigenvalue weighted by molar-refractivity contribution is 5.92. The average Bonchev–Trinajstić information content (AvgIpc) is 2.96. The van der Waals surface area contributed by atoms with Gasteiger partial charge in [-0.05, 0) is 36.4 Å². The van der Waals surface area contributed by atoms with E-state index >= 15 is 0 Å². The van der Waals surface area contributed by atoms with E-state index in [1.54, 1.807) is 22.6 Å². The van der Waals surface area contributed by atoms with Crippen LogP contribution >= 0.6 is 0 Å². The lowest BCUT2D eigenvalue weighted by molar-refractivity contribution is -0.137. The molecule has 3 rings (SSSR count). The summed E-state index contributed by atoms with van der Waals surface area (Å²) < 4.78 is 39.1. The number of benzene rings is 1. The molecule has 1 N–H and O–H groups in total. The summed E-state index contributed by atoms with van der Waals surface area (Å²) in [6, 6.07) is 9.56. The molecule has 1 amide bonds. The third-order valence-electron chi connectivity index (χ3n) is 3.26. The van der Waals surface area contributed by atoms with Crippen molar-refractivity contribution in [1.82, 2.24) is 14.6 Å². The summed E-state index contributed by atoms with van der Waals surface area (Å²) in [5.41, 5.74) is 0.838. The number of hydrogen-bond acceptors (Lipinski definition) is 3. The Kier molecular flexibility index (Phi) is 3.73. The van der Waals surface area contributed by atoms with Crippen LogP contribution < -0.4 is 5.32 Å². The van der Waals surface area contributed by atoms with E-state index in [0.29, 0.717) is 17.0 Å². The molecule has 0 aliphatic carbocycles. The van der Waals surface area contributed by atoms with E-state index in [1.165, 1.54) is 18.5 Å². The van der Waals surface area contributed by atoms with Crippen molar-refractivity contribution in [2.75, 3.05) is 5.32 Å². The number of hydrogen-bond donors (Lipinski definition) is 1. The van der Waals surface area contributed by atoms with Gasteiger partial charge < -0.3 is 5.32 Å². The molecule has 8 heteroatoms. The number of alkyl halides is 3. The number of aromatic nitrogens is 3. The van der Waals surface area contributed by atoms with E-state index in [-0.39, 0.29) is 12.3 Å². The maximum absolute atomic E-state index is 12.5. The Hall–Kier alpha value is -2.90. The van der Waals surface area contributed by atoms with Gasteiger partial charge in [0.2, 0.25) is 5.91 Å². The van der Waals surface area contributed by atoms with Crippen molar-refractivity contribution in [2.24, 2.45) is 0 Å². The quantitative estimate of drug-likeness (QED) is 0.807. The van der Waals surface area contributed by atoms with Gasteiger partial charge in [-0.25, -0.2) is 0 Å². The molecule has 2 aromatic heterocycles. The van der Waals surface area contributed by atoms with Crippen LogP contribution in [0.3, 0.4) is 0 Å². The minimum Gasteiger partial charge on any atom is -0.326 e. The summed E-state index contributed by atoms with van der Waals surface area (Å²) in [7, 11) is 0. The Morgan fingerprint density at radius 1 is 1.13 bits per heavy atom. The number of carbonyl (C=O) groups is 1. The van der Waals surface area contributed by atoms with Crippen LogP contribution in [0.5, 0.6) is 0 Å². The zero-order valence-electron chi connectivity index (χ0n) is 11.7. The molecular weight excluding hydrogens is 309 g/mol. The average molecular weight is 320 g/mol. The third kappa shape index (κ3) is 3.31. The van der Waals surface area contributed by atoms with Gasteiger partial charge in [0.05, 0.1) is 12.0 Å². The van der Waals surface area contributed by atoms with E-state index in [2.05, 4.69) is 15.5 Å². The second kappa shape index (κ2) is 5.71. The molecular formula is C15H11F3N4O. The molecule has 0 bridgehead atoms. The van der Waals surface area contributed by atoms with Gasteiger partial charge in [-0.15, -0.1) is 10.2 Å². The summed E-state index contributed by atoms with van der Waals surface area (Å²) in [5, 5.41) is 10.2. The lowest BCUT2D eigenvalue weighted by Crippen LogP contribution is -2.16. The molecule has 2 heterocycles.